The zero-order chi connectivity index (χ0) is 13.4. The molecule has 20 heavy (non-hydrogen) atoms. The molecular weight excluding hydrogens is 266 g/mol. The number of anilines is 1. The van der Waals surface area contributed by atoms with Gasteiger partial charge in [0.2, 0.25) is 0 Å². The topological polar surface area (TPSA) is 37.8 Å². The average molecular weight is 281 g/mol. The van der Waals surface area contributed by atoms with Gasteiger partial charge >= 0.3 is 0 Å². The van der Waals surface area contributed by atoms with Gasteiger partial charge < -0.3 is 5.32 Å². The van der Waals surface area contributed by atoms with E-state index in [1.165, 1.54) is 29.7 Å². The van der Waals surface area contributed by atoms with Gasteiger partial charge in [-0.3, -0.25) is 0 Å². The van der Waals surface area contributed by atoms with E-state index in [1.54, 1.807) is 17.7 Å². The molecule has 0 amide bonds. The van der Waals surface area contributed by atoms with Crippen molar-refractivity contribution in [1.29, 1.82) is 0 Å². The molecule has 0 radical (unpaired) electrons. The fourth-order valence-corrected chi connectivity index (χ4v) is 3.47. The molecule has 0 unspecified atom stereocenters. The molecule has 3 nitrogen and oxygen atoms in total. The first-order chi connectivity index (χ1) is 9.90. The summed E-state index contributed by atoms with van der Waals surface area (Å²) < 4.78 is 0. The lowest BCUT2D eigenvalue weighted by Gasteiger charge is -2.27. The van der Waals surface area contributed by atoms with Crippen molar-refractivity contribution in [3.05, 3.63) is 42.7 Å². The summed E-state index contributed by atoms with van der Waals surface area (Å²) in [6.45, 7) is 0. The zero-order valence-corrected chi connectivity index (χ0v) is 11.9. The fraction of sp³-hybridized carbons (Fsp3) is 0.250. The van der Waals surface area contributed by atoms with Gasteiger partial charge in [-0.05, 0) is 30.9 Å². The van der Waals surface area contributed by atoms with Crippen LogP contribution in [-0.4, -0.2) is 16.0 Å². The Bertz CT molecular complexity index is 732. The number of hydrogen-bond donors (Lipinski definition) is 1. The molecule has 3 aromatic rings. The van der Waals surface area contributed by atoms with E-state index in [0.29, 0.717) is 6.04 Å². The second kappa shape index (κ2) is 4.87. The third-order valence-corrected chi connectivity index (χ3v) is 4.93. The molecule has 0 spiro atoms. The van der Waals surface area contributed by atoms with Gasteiger partial charge in [-0.15, -0.1) is 11.3 Å². The summed E-state index contributed by atoms with van der Waals surface area (Å²) in [6, 6.07) is 13.2. The molecule has 2 aromatic heterocycles. The molecule has 0 aliphatic heterocycles. The molecule has 0 saturated heterocycles. The largest absolute Gasteiger partial charge is 0.367 e. The molecule has 100 valence electrons. The minimum absolute atomic E-state index is 0.591. The number of rotatable bonds is 3. The van der Waals surface area contributed by atoms with Crippen molar-refractivity contribution in [2.45, 2.75) is 25.3 Å². The summed E-state index contributed by atoms with van der Waals surface area (Å²) in [6.07, 6.45) is 5.49. The molecule has 1 aliphatic carbocycles. The van der Waals surface area contributed by atoms with Crippen LogP contribution in [0.2, 0.25) is 0 Å². The van der Waals surface area contributed by atoms with E-state index < -0.39 is 0 Å². The van der Waals surface area contributed by atoms with Gasteiger partial charge in [-0.1, -0.05) is 30.3 Å². The second-order valence-corrected chi connectivity index (χ2v) is 6.22. The van der Waals surface area contributed by atoms with E-state index in [-0.39, 0.29) is 0 Å². The van der Waals surface area contributed by atoms with E-state index in [1.807, 2.05) is 6.07 Å². The Morgan fingerprint density at radius 3 is 2.70 bits per heavy atom. The van der Waals surface area contributed by atoms with E-state index >= 15 is 0 Å². The minimum Gasteiger partial charge on any atom is -0.367 e. The standard InChI is InChI=1S/C16H15N3S/c1-2-5-11(6-3-1)14-9-13-15(19-12-7-4-8-12)17-10-18-16(13)20-14/h1-3,5-6,9-10,12H,4,7-8H2,(H,17,18,19). The smallest absolute Gasteiger partial charge is 0.138 e. The number of hydrogen-bond acceptors (Lipinski definition) is 4. The number of thiophene rings is 1. The van der Waals surface area contributed by atoms with E-state index in [2.05, 4.69) is 45.6 Å². The van der Waals surface area contributed by atoms with Crippen LogP contribution < -0.4 is 5.32 Å². The van der Waals surface area contributed by atoms with Gasteiger partial charge in [0.05, 0.1) is 5.39 Å². The minimum atomic E-state index is 0.591. The zero-order valence-electron chi connectivity index (χ0n) is 11.0. The van der Waals surface area contributed by atoms with Crippen LogP contribution in [0.4, 0.5) is 5.82 Å². The van der Waals surface area contributed by atoms with E-state index in [4.69, 9.17) is 0 Å². The lowest BCUT2D eigenvalue weighted by molar-refractivity contribution is 0.445. The van der Waals surface area contributed by atoms with Gasteiger partial charge in [-0.2, -0.15) is 0 Å². The van der Waals surface area contributed by atoms with Crippen molar-refractivity contribution < 1.29 is 0 Å². The Morgan fingerprint density at radius 2 is 1.95 bits per heavy atom. The predicted octanol–water partition coefficient (Wildman–Crippen LogP) is 4.32. The van der Waals surface area contributed by atoms with E-state index in [0.717, 1.165) is 16.0 Å². The maximum Gasteiger partial charge on any atom is 0.138 e. The number of aromatic nitrogens is 2. The second-order valence-electron chi connectivity index (χ2n) is 5.19. The average Bonchev–Trinajstić information content (AvgIpc) is 2.88. The normalized spacial score (nSPS) is 15.2. The monoisotopic (exact) mass is 281 g/mol. The maximum absolute atomic E-state index is 4.42. The highest BCUT2D eigenvalue weighted by Crippen LogP contribution is 2.35. The number of benzene rings is 1. The van der Waals surface area contributed by atoms with Crippen LogP contribution >= 0.6 is 11.3 Å². The van der Waals surface area contributed by atoms with Gasteiger partial charge in [0.25, 0.3) is 0 Å². The molecule has 2 heterocycles. The third kappa shape index (κ3) is 2.06. The molecular formula is C16H15N3S. The van der Waals surface area contributed by atoms with Gasteiger partial charge in [0.1, 0.15) is 17.0 Å². The van der Waals surface area contributed by atoms with Crippen molar-refractivity contribution in [1.82, 2.24) is 9.97 Å². The first kappa shape index (κ1) is 11.9. The highest BCUT2D eigenvalue weighted by molar-refractivity contribution is 7.21. The summed E-state index contributed by atoms with van der Waals surface area (Å²) >= 11 is 1.73. The number of nitrogens with one attached hydrogen (secondary N) is 1. The highest BCUT2D eigenvalue weighted by atomic mass is 32.1. The molecule has 1 N–H and O–H groups in total. The van der Waals surface area contributed by atoms with Crippen LogP contribution in [0.3, 0.4) is 0 Å². The molecule has 0 bridgehead atoms. The quantitative estimate of drug-likeness (QED) is 0.776. The predicted molar refractivity (Wildman–Crippen MR) is 84.1 cm³/mol. The molecule has 1 aliphatic rings. The summed E-state index contributed by atoms with van der Waals surface area (Å²) in [4.78, 5) is 11.1. The lowest BCUT2D eigenvalue weighted by Crippen LogP contribution is -2.27. The van der Waals surface area contributed by atoms with Crippen LogP contribution in [0.15, 0.2) is 42.7 Å². The van der Waals surface area contributed by atoms with Crippen LogP contribution in [-0.2, 0) is 0 Å². The van der Waals surface area contributed by atoms with Crippen LogP contribution in [0.1, 0.15) is 19.3 Å². The first-order valence-electron chi connectivity index (χ1n) is 6.97. The lowest BCUT2D eigenvalue weighted by atomic mass is 9.93. The van der Waals surface area contributed by atoms with Crippen LogP contribution in [0.5, 0.6) is 0 Å². The number of fused-ring (bicyclic) bond motifs is 1. The number of nitrogens with zero attached hydrogens (tertiary/aromatic N) is 2. The Hall–Kier alpha value is -1.94. The van der Waals surface area contributed by atoms with E-state index in [9.17, 15) is 0 Å². The van der Waals surface area contributed by atoms with Crippen LogP contribution in [0, 0.1) is 0 Å². The highest BCUT2D eigenvalue weighted by Gasteiger charge is 2.19. The van der Waals surface area contributed by atoms with Gasteiger partial charge in [0, 0.05) is 10.9 Å². The maximum atomic E-state index is 4.42. The molecule has 4 rings (SSSR count). The van der Waals surface area contributed by atoms with Gasteiger partial charge in [-0.25, -0.2) is 9.97 Å². The first-order valence-corrected chi connectivity index (χ1v) is 7.78. The van der Waals surface area contributed by atoms with Crippen LogP contribution in [0.25, 0.3) is 20.7 Å². The molecule has 0 atom stereocenters. The summed E-state index contributed by atoms with van der Waals surface area (Å²) in [5, 5.41) is 4.68. The Labute approximate surface area is 121 Å². The Kier molecular flexibility index (Phi) is 2.89. The van der Waals surface area contributed by atoms with Crippen molar-refractivity contribution in [3.63, 3.8) is 0 Å². The van der Waals surface area contributed by atoms with Crippen molar-refractivity contribution in [3.8, 4) is 10.4 Å². The molecule has 4 heteroatoms. The van der Waals surface area contributed by atoms with Crippen molar-refractivity contribution in [2.24, 2.45) is 0 Å². The van der Waals surface area contributed by atoms with Crippen molar-refractivity contribution >= 4 is 27.4 Å². The molecule has 1 aromatic carbocycles. The fourth-order valence-electron chi connectivity index (χ4n) is 2.46. The SMILES string of the molecule is c1ccc(-c2cc3c(NC4CCC4)ncnc3s2)cc1. The molecule has 1 saturated carbocycles. The summed E-state index contributed by atoms with van der Waals surface area (Å²) in [5.74, 6) is 0.984. The third-order valence-electron chi connectivity index (χ3n) is 3.83. The Morgan fingerprint density at radius 1 is 1.10 bits per heavy atom. The van der Waals surface area contributed by atoms with Gasteiger partial charge in [0.15, 0.2) is 0 Å². The summed E-state index contributed by atoms with van der Waals surface area (Å²) in [7, 11) is 0. The molecule has 1 fully saturated rings. The van der Waals surface area contributed by atoms with Crippen molar-refractivity contribution in [2.75, 3.05) is 5.32 Å². The Balaban J connectivity index is 1.76. The summed E-state index contributed by atoms with van der Waals surface area (Å²) in [5.41, 5.74) is 1.24.